The van der Waals surface area contributed by atoms with Crippen LogP contribution in [0.15, 0.2) is 18.2 Å². The molecule has 1 N–H and O–H groups in total. The molecule has 1 saturated heterocycles. The molecule has 0 radical (unpaired) electrons. The van der Waals surface area contributed by atoms with Gasteiger partial charge in [-0.15, -0.1) is 0 Å². The minimum atomic E-state index is -0.0884. The van der Waals surface area contributed by atoms with E-state index < -0.39 is 0 Å². The summed E-state index contributed by atoms with van der Waals surface area (Å²) < 4.78 is 14.1. The van der Waals surface area contributed by atoms with Gasteiger partial charge >= 0.3 is 0 Å². The van der Waals surface area contributed by atoms with Crippen molar-refractivity contribution < 1.29 is 4.39 Å². The summed E-state index contributed by atoms with van der Waals surface area (Å²) in [6, 6.07) is 6.51. The Balaban J connectivity index is 2.04. The zero-order chi connectivity index (χ0) is 15.4. The standard InChI is InChI=1S/C17H28FN3/c1-5-19-9-15-6-7-17(18)16(8-15)12-21-10-13(2)20(4)14(3)11-21/h6-8,13-14,19H,5,9-12H2,1-4H3. The second-order valence-electron chi connectivity index (χ2n) is 6.26. The molecule has 1 aromatic carbocycles. The largest absolute Gasteiger partial charge is 0.313 e. The lowest BCUT2D eigenvalue weighted by Gasteiger charge is -2.42. The molecule has 0 saturated carbocycles. The van der Waals surface area contributed by atoms with Crippen molar-refractivity contribution >= 4 is 0 Å². The SMILES string of the molecule is CCNCc1ccc(F)c(CN2CC(C)N(C)C(C)C2)c1. The Morgan fingerprint density at radius 2 is 1.90 bits per heavy atom. The summed E-state index contributed by atoms with van der Waals surface area (Å²) in [6.07, 6.45) is 0. The van der Waals surface area contributed by atoms with Crippen molar-refractivity contribution in [2.45, 2.75) is 45.9 Å². The van der Waals surface area contributed by atoms with Crippen molar-refractivity contribution in [1.82, 2.24) is 15.1 Å². The van der Waals surface area contributed by atoms with Crippen LogP contribution in [-0.2, 0) is 13.1 Å². The minimum Gasteiger partial charge on any atom is -0.313 e. The Hall–Kier alpha value is -0.970. The van der Waals surface area contributed by atoms with E-state index in [1.165, 1.54) is 0 Å². The summed E-state index contributed by atoms with van der Waals surface area (Å²) in [4.78, 5) is 4.76. The average molecular weight is 293 g/mol. The molecule has 2 rings (SSSR count). The zero-order valence-corrected chi connectivity index (χ0v) is 13.7. The van der Waals surface area contributed by atoms with Crippen LogP contribution in [0, 0.1) is 5.82 Å². The van der Waals surface area contributed by atoms with Gasteiger partial charge in [0.1, 0.15) is 5.82 Å². The van der Waals surface area contributed by atoms with Crippen molar-refractivity contribution in [3.05, 3.63) is 35.1 Å². The van der Waals surface area contributed by atoms with Crippen molar-refractivity contribution in [3.63, 3.8) is 0 Å². The van der Waals surface area contributed by atoms with E-state index in [-0.39, 0.29) is 5.82 Å². The second-order valence-corrected chi connectivity index (χ2v) is 6.26. The Kier molecular flexibility index (Phi) is 5.73. The van der Waals surface area contributed by atoms with Gasteiger partial charge in [0.25, 0.3) is 0 Å². The van der Waals surface area contributed by atoms with Gasteiger partial charge in [-0.25, -0.2) is 4.39 Å². The van der Waals surface area contributed by atoms with Crippen LogP contribution >= 0.6 is 0 Å². The summed E-state index contributed by atoms with van der Waals surface area (Å²) >= 11 is 0. The van der Waals surface area contributed by atoms with E-state index in [0.29, 0.717) is 18.6 Å². The highest BCUT2D eigenvalue weighted by atomic mass is 19.1. The van der Waals surface area contributed by atoms with Gasteiger partial charge < -0.3 is 5.32 Å². The lowest BCUT2D eigenvalue weighted by molar-refractivity contribution is 0.0550. The maximum Gasteiger partial charge on any atom is 0.127 e. The van der Waals surface area contributed by atoms with Gasteiger partial charge in [0.2, 0.25) is 0 Å². The average Bonchev–Trinajstić information content (AvgIpc) is 2.45. The monoisotopic (exact) mass is 293 g/mol. The number of nitrogens with zero attached hydrogens (tertiary/aromatic N) is 2. The highest BCUT2D eigenvalue weighted by Crippen LogP contribution is 2.18. The summed E-state index contributed by atoms with van der Waals surface area (Å²) in [5.74, 6) is -0.0884. The van der Waals surface area contributed by atoms with Crippen molar-refractivity contribution in [1.29, 1.82) is 0 Å². The van der Waals surface area contributed by atoms with Gasteiger partial charge in [0.05, 0.1) is 0 Å². The van der Waals surface area contributed by atoms with Crippen LogP contribution in [0.5, 0.6) is 0 Å². The molecule has 3 nitrogen and oxygen atoms in total. The summed E-state index contributed by atoms with van der Waals surface area (Å²) in [7, 11) is 2.17. The molecule has 21 heavy (non-hydrogen) atoms. The first kappa shape index (κ1) is 16.4. The topological polar surface area (TPSA) is 18.5 Å². The first-order chi connectivity index (χ1) is 10.0. The van der Waals surface area contributed by atoms with E-state index in [1.54, 1.807) is 6.07 Å². The number of piperazine rings is 1. The predicted octanol–water partition coefficient (Wildman–Crippen LogP) is 2.46. The van der Waals surface area contributed by atoms with Gasteiger partial charge in [0, 0.05) is 43.8 Å². The Labute approximate surface area is 128 Å². The van der Waals surface area contributed by atoms with Crippen LogP contribution in [-0.4, -0.2) is 48.6 Å². The van der Waals surface area contributed by atoms with E-state index >= 15 is 0 Å². The molecule has 0 amide bonds. The third kappa shape index (κ3) is 4.25. The van der Waals surface area contributed by atoms with Crippen LogP contribution in [0.4, 0.5) is 4.39 Å². The van der Waals surface area contributed by atoms with E-state index in [1.807, 2.05) is 12.1 Å². The molecule has 1 fully saturated rings. The first-order valence-electron chi connectivity index (χ1n) is 7.93. The summed E-state index contributed by atoms with van der Waals surface area (Å²) in [6.45, 7) is 11.0. The molecular weight excluding hydrogens is 265 g/mol. The molecule has 0 spiro atoms. The number of halogens is 1. The smallest absolute Gasteiger partial charge is 0.127 e. The highest BCUT2D eigenvalue weighted by molar-refractivity contribution is 5.25. The fraction of sp³-hybridized carbons (Fsp3) is 0.647. The number of benzene rings is 1. The molecule has 2 unspecified atom stereocenters. The fourth-order valence-corrected chi connectivity index (χ4v) is 3.01. The van der Waals surface area contributed by atoms with Gasteiger partial charge in [-0.3, -0.25) is 9.80 Å². The number of hydrogen-bond acceptors (Lipinski definition) is 3. The molecular formula is C17H28FN3. The van der Waals surface area contributed by atoms with E-state index in [2.05, 4.69) is 42.9 Å². The van der Waals surface area contributed by atoms with Gasteiger partial charge in [-0.05, 0) is 39.1 Å². The third-order valence-corrected chi connectivity index (χ3v) is 4.52. The number of nitrogens with one attached hydrogen (secondary N) is 1. The number of rotatable bonds is 5. The van der Waals surface area contributed by atoms with Crippen LogP contribution in [0.3, 0.4) is 0 Å². The normalized spacial score (nSPS) is 24.4. The second kappa shape index (κ2) is 7.34. The van der Waals surface area contributed by atoms with Gasteiger partial charge in [-0.2, -0.15) is 0 Å². The van der Waals surface area contributed by atoms with Gasteiger partial charge in [-0.1, -0.05) is 19.1 Å². The number of likely N-dealkylation sites (N-methyl/N-ethyl adjacent to an activating group) is 1. The maximum absolute atomic E-state index is 14.1. The molecule has 1 aromatic rings. The van der Waals surface area contributed by atoms with Crippen LogP contribution in [0.1, 0.15) is 31.9 Å². The molecule has 1 aliphatic heterocycles. The summed E-state index contributed by atoms with van der Waals surface area (Å²) in [5, 5.41) is 3.29. The van der Waals surface area contributed by atoms with Crippen molar-refractivity contribution in [2.24, 2.45) is 0 Å². The summed E-state index contributed by atoms with van der Waals surface area (Å²) in [5.41, 5.74) is 1.97. The molecule has 4 heteroatoms. The maximum atomic E-state index is 14.1. The third-order valence-electron chi connectivity index (χ3n) is 4.52. The highest BCUT2D eigenvalue weighted by Gasteiger charge is 2.26. The van der Waals surface area contributed by atoms with Crippen molar-refractivity contribution in [3.8, 4) is 0 Å². The lowest BCUT2D eigenvalue weighted by atomic mass is 10.1. The molecule has 0 aliphatic carbocycles. The fourth-order valence-electron chi connectivity index (χ4n) is 3.01. The van der Waals surface area contributed by atoms with Crippen LogP contribution < -0.4 is 5.32 Å². The van der Waals surface area contributed by atoms with Crippen LogP contribution in [0.2, 0.25) is 0 Å². The Morgan fingerprint density at radius 1 is 1.24 bits per heavy atom. The van der Waals surface area contributed by atoms with E-state index in [0.717, 1.165) is 37.3 Å². The van der Waals surface area contributed by atoms with E-state index in [4.69, 9.17) is 0 Å². The van der Waals surface area contributed by atoms with Gasteiger partial charge in [0.15, 0.2) is 0 Å². The Morgan fingerprint density at radius 3 is 2.52 bits per heavy atom. The quantitative estimate of drug-likeness (QED) is 0.900. The first-order valence-corrected chi connectivity index (χ1v) is 7.93. The Bertz CT molecular complexity index is 451. The molecule has 1 aliphatic rings. The molecule has 1 heterocycles. The minimum absolute atomic E-state index is 0.0884. The lowest BCUT2D eigenvalue weighted by Crippen LogP contribution is -2.54. The molecule has 2 atom stereocenters. The molecule has 118 valence electrons. The van der Waals surface area contributed by atoms with Crippen molar-refractivity contribution in [2.75, 3.05) is 26.7 Å². The molecule has 0 aromatic heterocycles. The molecule has 0 bridgehead atoms. The number of hydrogen-bond donors (Lipinski definition) is 1. The zero-order valence-electron chi connectivity index (χ0n) is 13.7. The van der Waals surface area contributed by atoms with Crippen LogP contribution in [0.25, 0.3) is 0 Å². The van der Waals surface area contributed by atoms with E-state index in [9.17, 15) is 4.39 Å². The predicted molar refractivity (Wildman–Crippen MR) is 85.7 cm³/mol.